The molecule has 0 N–H and O–H groups in total. The molecule has 2 nitrogen and oxygen atoms in total. The Balaban J connectivity index is 0.907. The number of nitrogens with zero attached hydrogens (tertiary/aromatic N) is 1. The zero-order valence-electron chi connectivity index (χ0n) is 36.9. The highest BCUT2D eigenvalue weighted by Gasteiger charge is 2.46. The zero-order chi connectivity index (χ0) is 44.0. The number of hydrogen-bond donors (Lipinski definition) is 0. The standard InChI is InChI=1S/C64H45NO/c1-63(2)57-22-12-9-19-51(57)53-37-35-50(41-60(53)63)65(49-33-27-43(28-34-49)45-29-36-55-54-21-11-14-24-61(54)66-62(55)40-45)48-31-25-42(26-32-48)44-30-38-59-56(39-44)52-20-10-13-23-58(52)64(59,46-15-5-3-6-16-46)47-17-7-4-8-18-47/h3-41H,1-2H3. The van der Waals surface area contributed by atoms with E-state index in [2.05, 4.69) is 243 Å². The monoisotopic (exact) mass is 843 g/mol. The predicted molar refractivity (Wildman–Crippen MR) is 274 cm³/mol. The Kier molecular flexibility index (Phi) is 8.51. The maximum absolute atomic E-state index is 6.29. The molecular weight excluding hydrogens is 799 g/mol. The lowest BCUT2D eigenvalue weighted by Gasteiger charge is -2.33. The summed E-state index contributed by atoms with van der Waals surface area (Å²) in [4.78, 5) is 2.41. The van der Waals surface area contributed by atoms with E-state index in [0.29, 0.717) is 0 Å². The van der Waals surface area contributed by atoms with Gasteiger partial charge >= 0.3 is 0 Å². The minimum absolute atomic E-state index is 0.124. The Morgan fingerprint density at radius 1 is 0.318 bits per heavy atom. The van der Waals surface area contributed by atoms with E-state index in [0.717, 1.165) is 50.1 Å². The van der Waals surface area contributed by atoms with Gasteiger partial charge in [-0.2, -0.15) is 0 Å². The lowest BCUT2D eigenvalue weighted by atomic mass is 9.67. The van der Waals surface area contributed by atoms with E-state index in [1.807, 2.05) is 12.1 Å². The number of hydrogen-bond acceptors (Lipinski definition) is 2. The Labute approximate surface area is 385 Å². The molecule has 0 spiro atoms. The summed E-state index contributed by atoms with van der Waals surface area (Å²) in [6.07, 6.45) is 0. The van der Waals surface area contributed by atoms with E-state index in [1.54, 1.807) is 0 Å². The predicted octanol–water partition coefficient (Wildman–Crippen LogP) is 17.1. The molecular formula is C64H45NO. The molecule has 0 amide bonds. The number of furan rings is 1. The third-order valence-electron chi connectivity index (χ3n) is 14.6. The quantitative estimate of drug-likeness (QED) is 0.159. The van der Waals surface area contributed by atoms with Crippen LogP contribution in [0.15, 0.2) is 241 Å². The molecule has 2 heteroatoms. The number of rotatable bonds is 7. The van der Waals surface area contributed by atoms with E-state index in [4.69, 9.17) is 4.42 Å². The van der Waals surface area contributed by atoms with Gasteiger partial charge in [0.05, 0.1) is 5.41 Å². The Morgan fingerprint density at radius 2 is 0.803 bits per heavy atom. The van der Waals surface area contributed by atoms with Gasteiger partial charge in [-0.15, -0.1) is 0 Å². The molecule has 0 atom stereocenters. The van der Waals surface area contributed by atoms with Crippen LogP contribution >= 0.6 is 0 Å². The van der Waals surface area contributed by atoms with Gasteiger partial charge < -0.3 is 9.32 Å². The molecule has 0 saturated carbocycles. The first-order valence-corrected chi connectivity index (χ1v) is 23.0. The van der Waals surface area contributed by atoms with E-state index >= 15 is 0 Å². The lowest BCUT2D eigenvalue weighted by molar-refractivity contribution is 0.660. The van der Waals surface area contributed by atoms with Crippen LogP contribution in [0.1, 0.15) is 47.2 Å². The number of anilines is 3. The largest absolute Gasteiger partial charge is 0.456 e. The molecule has 0 unspecified atom stereocenters. The van der Waals surface area contributed by atoms with E-state index in [-0.39, 0.29) is 5.41 Å². The van der Waals surface area contributed by atoms with Crippen molar-refractivity contribution < 1.29 is 4.42 Å². The summed E-state index contributed by atoms with van der Waals surface area (Å²) in [5.74, 6) is 0. The van der Waals surface area contributed by atoms with E-state index < -0.39 is 5.41 Å². The molecule has 13 rings (SSSR count). The number of para-hydroxylation sites is 1. The first kappa shape index (κ1) is 38.3. The normalized spacial score (nSPS) is 13.8. The van der Waals surface area contributed by atoms with Crippen LogP contribution < -0.4 is 4.90 Å². The van der Waals surface area contributed by atoms with Gasteiger partial charge in [-0.25, -0.2) is 0 Å². The van der Waals surface area contributed by atoms with Gasteiger partial charge in [0.15, 0.2) is 0 Å². The smallest absolute Gasteiger partial charge is 0.136 e. The van der Waals surface area contributed by atoms with Crippen LogP contribution in [-0.4, -0.2) is 0 Å². The first-order valence-electron chi connectivity index (χ1n) is 23.0. The molecule has 1 heterocycles. The molecule has 0 fully saturated rings. The van der Waals surface area contributed by atoms with Gasteiger partial charge in [-0.1, -0.05) is 190 Å². The third-order valence-corrected chi connectivity index (χ3v) is 14.6. The summed E-state index contributed by atoms with van der Waals surface area (Å²) in [5.41, 5.74) is 22.4. The topological polar surface area (TPSA) is 16.4 Å². The van der Waals surface area contributed by atoms with Gasteiger partial charge in [0.2, 0.25) is 0 Å². The van der Waals surface area contributed by atoms with E-state index in [9.17, 15) is 0 Å². The van der Waals surface area contributed by atoms with Crippen molar-refractivity contribution in [1.29, 1.82) is 0 Å². The van der Waals surface area contributed by atoms with Gasteiger partial charge in [-0.05, 0) is 139 Å². The van der Waals surface area contributed by atoms with Crippen LogP contribution in [0.3, 0.4) is 0 Å². The molecule has 10 aromatic carbocycles. The maximum Gasteiger partial charge on any atom is 0.136 e. The zero-order valence-corrected chi connectivity index (χ0v) is 36.9. The average Bonchev–Trinajstić information content (AvgIpc) is 3.98. The summed E-state index contributed by atoms with van der Waals surface area (Å²) in [7, 11) is 0. The third kappa shape index (κ3) is 5.68. The molecule has 66 heavy (non-hydrogen) atoms. The second kappa shape index (κ2) is 14.7. The van der Waals surface area contributed by atoms with Crippen LogP contribution in [0, 0.1) is 0 Å². The van der Waals surface area contributed by atoms with Crippen molar-refractivity contribution in [2.75, 3.05) is 4.90 Å². The van der Waals surface area contributed by atoms with Crippen molar-refractivity contribution in [2.45, 2.75) is 24.7 Å². The molecule has 2 aliphatic rings. The second-order valence-corrected chi connectivity index (χ2v) is 18.4. The van der Waals surface area contributed by atoms with Crippen LogP contribution in [0.2, 0.25) is 0 Å². The van der Waals surface area contributed by atoms with Crippen molar-refractivity contribution in [3.8, 4) is 44.5 Å². The molecule has 2 aliphatic carbocycles. The average molecular weight is 844 g/mol. The van der Waals surface area contributed by atoms with Crippen LogP contribution in [-0.2, 0) is 10.8 Å². The summed E-state index contributed by atoms with van der Waals surface area (Å²) in [5, 5.41) is 2.28. The van der Waals surface area contributed by atoms with Crippen molar-refractivity contribution in [3.63, 3.8) is 0 Å². The fourth-order valence-corrected chi connectivity index (χ4v) is 11.4. The van der Waals surface area contributed by atoms with Gasteiger partial charge in [0, 0.05) is 33.2 Å². The minimum atomic E-state index is -0.418. The van der Waals surface area contributed by atoms with Crippen LogP contribution in [0.5, 0.6) is 0 Å². The Hall–Kier alpha value is -8.20. The van der Waals surface area contributed by atoms with Crippen molar-refractivity contribution in [2.24, 2.45) is 0 Å². The highest BCUT2D eigenvalue weighted by Crippen LogP contribution is 2.57. The second-order valence-electron chi connectivity index (χ2n) is 18.4. The van der Waals surface area contributed by atoms with E-state index in [1.165, 1.54) is 66.8 Å². The van der Waals surface area contributed by atoms with Crippen molar-refractivity contribution >= 4 is 39.0 Å². The SMILES string of the molecule is CC1(C)c2ccccc2-c2ccc(N(c3ccc(-c4ccc5c(c4)-c4ccccc4C5(c4ccccc4)c4ccccc4)cc3)c3ccc(-c4ccc5c(c4)oc4ccccc45)cc3)cc21. The maximum atomic E-state index is 6.29. The minimum Gasteiger partial charge on any atom is -0.456 e. The molecule has 312 valence electrons. The molecule has 1 aromatic heterocycles. The lowest BCUT2D eigenvalue weighted by Crippen LogP contribution is -2.28. The highest BCUT2D eigenvalue weighted by molar-refractivity contribution is 6.06. The van der Waals surface area contributed by atoms with Gasteiger partial charge in [-0.3, -0.25) is 0 Å². The number of fused-ring (bicyclic) bond motifs is 9. The van der Waals surface area contributed by atoms with Crippen molar-refractivity contribution in [3.05, 3.63) is 270 Å². The Morgan fingerprint density at radius 3 is 1.48 bits per heavy atom. The van der Waals surface area contributed by atoms with Crippen molar-refractivity contribution in [1.82, 2.24) is 0 Å². The molecule has 11 aromatic rings. The van der Waals surface area contributed by atoms with Gasteiger partial charge in [0.25, 0.3) is 0 Å². The fraction of sp³-hybridized carbons (Fsp3) is 0.0625. The number of benzene rings is 10. The van der Waals surface area contributed by atoms with Crippen LogP contribution in [0.4, 0.5) is 17.1 Å². The summed E-state index contributed by atoms with van der Waals surface area (Å²) < 4.78 is 6.29. The molecule has 0 bridgehead atoms. The highest BCUT2D eigenvalue weighted by atomic mass is 16.3. The Bertz CT molecular complexity index is 3620. The molecule has 0 aliphatic heterocycles. The fourth-order valence-electron chi connectivity index (χ4n) is 11.4. The molecule has 0 radical (unpaired) electrons. The summed E-state index contributed by atoms with van der Waals surface area (Å²) in [6.45, 7) is 4.71. The first-order chi connectivity index (χ1) is 32.5. The summed E-state index contributed by atoms with van der Waals surface area (Å²) in [6, 6.07) is 87.0. The summed E-state index contributed by atoms with van der Waals surface area (Å²) >= 11 is 0. The molecule has 0 saturated heterocycles. The van der Waals surface area contributed by atoms with Gasteiger partial charge in [0.1, 0.15) is 11.2 Å². The van der Waals surface area contributed by atoms with Crippen LogP contribution in [0.25, 0.3) is 66.4 Å².